The van der Waals surface area contributed by atoms with E-state index in [9.17, 15) is 22.8 Å². The monoisotopic (exact) mass is 423 g/mol. The van der Waals surface area contributed by atoms with Crippen LogP contribution in [0.2, 0.25) is 5.02 Å². The van der Waals surface area contributed by atoms with Crippen LogP contribution in [0.15, 0.2) is 41.3 Å². The number of hydrogen-bond acceptors (Lipinski definition) is 2. The molecule has 5 nitrogen and oxygen atoms in total. The molecule has 3 aromatic rings. The summed E-state index contributed by atoms with van der Waals surface area (Å²) < 4.78 is 40.7. The van der Waals surface area contributed by atoms with E-state index in [1.807, 2.05) is 0 Å². The molecule has 0 fully saturated rings. The van der Waals surface area contributed by atoms with Gasteiger partial charge in [-0.05, 0) is 55.1 Å². The number of hydrogen-bond donors (Lipinski definition) is 2. The first kappa shape index (κ1) is 20.7. The highest BCUT2D eigenvalue weighted by Crippen LogP contribution is 2.28. The van der Waals surface area contributed by atoms with Crippen molar-refractivity contribution in [1.29, 1.82) is 0 Å². The van der Waals surface area contributed by atoms with Gasteiger partial charge in [0, 0.05) is 18.4 Å². The molecule has 1 heterocycles. The predicted molar refractivity (Wildman–Crippen MR) is 106 cm³/mol. The molecule has 0 aliphatic carbocycles. The Morgan fingerprint density at radius 3 is 2.41 bits per heavy atom. The van der Waals surface area contributed by atoms with Crippen LogP contribution in [0.4, 0.5) is 23.7 Å². The van der Waals surface area contributed by atoms with Gasteiger partial charge in [-0.3, -0.25) is 4.79 Å². The van der Waals surface area contributed by atoms with E-state index in [4.69, 9.17) is 11.6 Å². The van der Waals surface area contributed by atoms with Gasteiger partial charge in [-0.25, -0.2) is 18.0 Å². The average Bonchev–Trinajstić information content (AvgIpc) is 2.67. The Balaban J connectivity index is 1.96. The summed E-state index contributed by atoms with van der Waals surface area (Å²) in [5.41, 5.74) is 0.169. The summed E-state index contributed by atoms with van der Waals surface area (Å²) in [5.74, 6) is -2.84. The van der Waals surface area contributed by atoms with Crippen molar-refractivity contribution >= 4 is 34.1 Å². The van der Waals surface area contributed by atoms with Crippen LogP contribution in [0.1, 0.15) is 25.5 Å². The summed E-state index contributed by atoms with van der Waals surface area (Å²) in [5, 5.41) is 2.67. The zero-order chi connectivity index (χ0) is 21.3. The Morgan fingerprint density at radius 2 is 1.79 bits per heavy atom. The number of aromatic nitrogens is 1. The van der Waals surface area contributed by atoms with Crippen LogP contribution in [-0.4, -0.2) is 22.5 Å². The molecule has 0 spiro atoms. The Labute approximate surface area is 169 Å². The van der Waals surface area contributed by atoms with Gasteiger partial charge in [0.25, 0.3) is 5.56 Å². The molecule has 9 heteroatoms. The molecule has 152 valence electrons. The van der Waals surface area contributed by atoms with Crippen molar-refractivity contribution < 1.29 is 18.0 Å². The van der Waals surface area contributed by atoms with Gasteiger partial charge in [0.05, 0.1) is 16.5 Å². The maximum absolute atomic E-state index is 13.8. The number of anilines is 1. The maximum Gasteiger partial charge on any atom is 0.322 e. The molecule has 0 saturated carbocycles. The molecule has 1 aromatic heterocycles. The van der Waals surface area contributed by atoms with E-state index in [0.717, 1.165) is 18.2 Å². The minimum Gasteiger partial charge on any atom is -0.328 e. The number of benzene rings is 2. The number of H-pyrrole nitrogens is 1. The normalized spacial score (nSPS) is 12.1. The number of carbonyl (C=O) groups excluding carboxylic acids is 1. The van der Waals surface area contributed by atoms with Crippen LogP contribution in [0.25, 0.3) is 10.8 Å². The molecular formula is C20H17ClF3N3O2. The standard InChI is InChI=1S/C20H17ClF3N3O2/c1-3-27(20(29)26-11-4-5-16(22)15(21)6-11)10(2)14-9-25-19(28)13-8-18(24)17(23)7-12(13)14/h4-10H,3H2,1-2H3,(H,25,28)(H,26,29). The SMILES string of the molecule is CCN(C(=O)Nc1ccc(F)c(Cl)c1)C(C)c1c[nH]c(=O)c2cc(F)c(F)cc12. The highest BCUT2D eigenvalue weighted by Gasteiger charge is 2.23. The molecule has 1 unspecified atom stereocenters. The van der Waals surface area contributed by atoms with Crippen LogP contribution in [-0.2, 0) is 0 Å². The molecule has 0 bridgehead atoms. The van der Waals surface area contributed by atoms with Gasteiger partial charge in [-0.15, -0.1) is 0 Å². The number of amides is 2. The molecule has 2 amide bonds. The number of pyridine rings is 1. The smallest absolute Gasteiger partial charge is 0.322 e. The van der Waals surface area contributed by atoms with Gasteiger partial charge in [0.2, 0.25) is 0 Å². The highest BCUT2D eigenvalue weighted by atomic mass is 35.5. The Bertz CT molecular complexity index is 1150. The van der Waals surface area contributed by atoms with Crippen molar-refractivity contribution in [1.82, 2.24) is 9.88 Å². The number of fused-ring (bicyclic) bond motifs is 1. The van der Waals surface area contributed by atoms with E-state index >= 15 is 0 Å². The van der Waals surface area contributed by atoms with E-state index < -0.39 is 35.1 Å². The lowest BCUT2D eigenvalue weighted by molar-refractivity contribution is 0.197. The number of halogens is 4. The predicted octanol–water partition coefficient (Wildman–Crippen LogP) is 5.21. The van der Waals surface area contributed by atoms with Gasteiger partial charge in [0.1, 0.15) is 5.82 Å². The summed E-state index contributed by atoms with van der Waals surface area (Å²) in [7, 11) is 0. The molecule has 29 heavy (non-hydrogen) atoms. The largest absolute Gasteiger partial charge is 0.328 e. The van der Waals surface area contributed by atoms with E-state index in [2.05, 4.69) is 10.3 Å². The van der Waals surface area contributed by atoms with Crippen LogP contribution in [0.3, 0.4) is 0 Å². The van der Waals surface area contributed by atoms with Crippen molar-refractivity contribution in [3.63, 3.8) is 0 Å². The van der Waals surface area contributed by atoms with Crippen molar-refractivity contribution in [3.05, 3.63) is 74.9 Å². The van der Waals surface area contributed by atoms with Crippen molar-refractivity contribution in [2.75, 3.05) is 11.9 Å². The zero-order valence-electron chi connectivity index (χ0n) is 15.5. The van der Waals surface area contributed by atoms with Gasteiger partial charge in [-0.2, -0.15) is 0 Å². The molecule has 0 aliphatic rings. The lowest BCUT2D eigenvalue weighted by atomic mass is 10.0. The first-order chi connectivity index (χ1) is 13.7. The van der Waals surface area contributed by atoms with E-state index in [0.29, 0.717) is 11.3 Å². The maximum atomic E-state index is 13.8. The molecule has 0 aliphatic heterocycles. The second-order valence-corrected chi connectivity index (χ2v) is 6.81. The number of nitrogens with zero attached hydrogens (tertiary/aromatic N) is 1. The summed E-state index contributed by atoms with van der Waals surface area (Å²) in [6.45, 7) is 3.70. The van der Waals surface area contributed by atoms with Crippen LogP contribution >= 0.6 is 11.6 Å². The second kappa shape index (κ2) is 8.16. The highest BCUT2D eigenvalue weighted by molar-refractivity contribution is 6.31. The van der Waals surface area contributed by atoms with Crippen LogP contribution in [0, 0.1) is 17.5 Å². The third kappa shape index (κ3) is 4.07. The van der Waals surface area contributed by atoms with Crippen molar-refractivity contribution in [2.24, 2.45) is 0 Å². The fourth-order valence-electron chi connectivity index (χ4n) is 3.15. The van der Waals surface area contributed by atoms with E-state index in [1.54, 1.807) is 13.8 Å². The van der Waals surface area contributed by atoms with Crippen molar-refractivity contribution in [3.8, 4) is 0 Å². The fourth-order valence-corrected chi connectivity index (χ4v) is 3.33. The van der Waals surface area contributed by atoms with Crippen LogP contribution in [0.5, 0.6) is 0 Å². The van der Waals surface area contributed by atoms with Crippen molar-refractivity contribution in [2.45, 2.75) is 19.9 Å². The number of rotatable bonds is 4. The van der Waals surface area contributed by atoms with E-state index in [-0.39, 0.29) is 22.3 Å². The zero-order valence-corrected chi connectivity index (χ0v) is 16.3. The lowest BCUT2D eigenvalue weighted by Crippen LogP contribution is -2.37. The summed E-state index contributed by atoms with van der Waals surface area (Å²) in [6, 6.07) is 4.44. The summed E-state index contributed by atoms with van der Waals surface area (Å²) in [6.07, 6.45) is 1.37. The third-order valence-corrected chi connectivity index (χ3v) is 4.95. The molecule has 2 N–H and O–H groups in total. The first-order valence-corrected chi connectivity index (χ1v) is 9.13. The minimum atomic E-state index is -1.13. The quantitative estimate of drug-likeness (QED) is 0.604. The molecule has 0 radical (unpaired) electrons. The number of nitrogens with one attached hydrogen (secondary N) is 2. The minimum absolute atomic E-state index is 0.0185. The van der Waals surface area contributed by atoms with Gasteiger partial charge in [-0.1, -0.05) is 11.6 Å². The third-order valence-electron chi connectivity index (χ3n) is 4.66. The molecule has 0 saturated heterocycles. The Hall–Kier alpha value is -3.00. The van der Waals surface area contributed by atoms with Gasteiger partial charge in [0.15, 0.2) is 11.6 Å². The van der Waals surface area contributed by atoms with Gasteiger partial charge >= 0.3 is 6.03 Å². The molecular weight excluding hydrogens is 407 g/mol. The second-order valence-electron chi connectivity index (χ2n) is 6.41. The summed E-state index contributed by atoms with van der Waals surface area (Å²) >= 11 is 5.74. The average molecular weight is 424 g/mol. The fraction of sp³-hybridized carbons (Fsp3) is 0.200. The first-order valence-electron chi connectivity index (χ1n) is 8.76. The van der Waals surface area contributed by atoms with E-state index in [1.165, 1.54) is 23.2 Å². The Morgan fingerprint density at radius 1 is 1.14 bits per heavy atom. The lowest BCUT2D eigenvalue weighted by Gasteiger charge is -2.29. The molecule has 2 aromatic carbocycles. The number of carbonyl (C=O) groups is 1. The summed E-state index contributed by atoms with van der Waals surface area (Å²) in [4.78, 5) is 28.7. The number of urea groups is 1. The topological polar surface area (TPSA) is 65.2 Å². The molecule has 1 atom stereocenters. The van der Waals surface area contributed by atoms with Gasteiger partial charge < -0.3 is 15.2 Å². The number of aromatic amines is 1. The Kier molecular flexibility index (Phi) is 5.83. The van der Waals surface area contributed by atoms with Crippen LogP contribution < -0.4 is 10.9 Å². The molecule has 3 rings (SSSR count).